The van der Waals surface area contributed by atoms with E-state index in [0.29, 0.717) is 17.2 Å². The highest BCUT2D eigenvalue weighted by molar-refractivity contribution is 6.10. The first-order valence-corrected chi connectivity index (χ1v) is 9.00. The van der Waals surface area contributed by atoms with Gasteiger partial charge in [-0.1, -0.05) is 24.3 Å². The fourth-order valence-electron chi connectivity index (χ4n) is 3.17. The van der Waals surface area contributed by atoms with E-state index in [-0.39, 0.29) is 43.7 Å². The van der Waals surface area contributed by atoms with Crippen molar-refractivity contribution in [2.24, 2.45) is 0 Å². The van der Waals surface area contributed by atoms with E-state index in [1.807, 2.05) is 24.3 Å². The molecule has 0 fully saturated rings. The molecule has 8 heteroatoms. The van der Waals surface area contributed by atoms with Crippen LogP contribution < -0.4 is 15.5 Å². The summed E-state index contributed by atoms with van der Waals surface area (Å²) in [4.78, 5) is 45.4. The van der Waals surface area contributed by atoms with Crippen LogP contribution in [-0.4, -0.2) is 34.2 Å². The minimum Gasteiger partial charge on any atom is -0.349 e. The lowest BCUT2D eigenvalue weighted by molar-refractivity contribution is -0.125. The quantitative estimate of drug-likeness (QED) is 0.632. The molecule has 2 heterocycles. The standard InChI is InChI=1S/C20H19N5O3/c26-18(21-11-17-22-13-5-1-2-6-14(13)23-17)9-10-20(28)25-12-19(27)24-15-7-3-4-8-16(15)25/h1-8H,9-12H2,(H,21,26)(H,22,23)(H,24,27). The summed E-state index contributed by atoms with van der Waals surface area (Å²) in [6.45, 7) is 0.215. The van der Waals surface area contributed by atoms with Crippen molar-refractivity contribution in [2.75, 3.05) is 16.8 Å². The van der Waals surface area contributed by atoms with Crippen LogP contribution in [0.25, 0.3) is 11.0 Å². The van der Waals surface area contributed by atoms with Crippen LogP contribution >= 0.6 is 0 Å². The van der Waals surface area contributed by atoms with Crippen molar-refractivity contribution in [3.8, 4) is 0 Å². The number of benzene rings is 2. The van der Waals surface area contributed by atoms with Crippen molar-refractivity contribution in [2.45, 2.75) is 19.4 Å². The average molecular weight is 377 g/mol. The largest absolute Gasteiger partial charge is 0.349 e. The first-order valence-electron chi connectivity index (χ1n) is 9.00. The number of carbonyl (C=O) groups excluding carboxylic acids is 3. The zero-order chi connectivity index (χ0) is 19.5. The highest BCUT2D eigenvalue weighted by Gasteiger charge is 2.26. The van der Waals surface area contributed by atoms with Gasteiger partial charge in [-0.15, -0.1) is 0 Å². The zero-order valence-electron chi connectivity index (χ0n) is 15.1. The molecule has 0 saturated heterocycles. The number of aromatic amines is 1. The van der Waals surface area contributed by atoms with E-state index in [1.165, 1.54) is 4.90 Å². The minimum absolute atomic E-state index is 0.0214. The van der Waals surface area contributed by atoms with Gasteiger partial charge in [-0.3, -0.25) is 14.4 Å². The van der Waals surface area contributed by atoms with Crippen LogP contribution in [0.4, 0.5) is 11.4 Å². The smallest absolute Gasteiger partial charge is 0.244 e. The number of hydrogen-bond acceptors (Lipinski definition) is 4. The molecule has 0 aliphatic carbocycles. The molecule has 1 aliphatic heterocycles. The van der Waals surface area contributed by atoms with E-state index in [2.05, 4.69) is 20.6 Å². The Balaban J connectivity index is 1.32. The van der Waals surface area contributed by atoms with Crippen LogP contribution in [0.5, 0.6) is 0 Å². The molecular formula is C20H19N5O3. The molecule has 1 aliphatic rings. The molecular weight excluding hydrogens is 358 g/mol. The van der Waals surface area contributed by atoms with Gasteiger partial charge in [0.1, 0.15) is 12.4 Å². The van der Waals surface area contributed by atoms with Gasteiger partial charge in [0.25, 0.3) is 0 Å². The number of H-pyrrole nitrogens is 1. The minimum atomic E-state index is -0.263. The Morgan fingerprint density at radius 2 is 1.86 bits per heavy atom. The summed E-state index contributed by atoms with van der Waals surface area (Å²) < 4.78 is 0. The third-order valence-electron chi connectivity index (χ3n) is 4.53. The van der Waals surface area contributed by atoms with E-state index in [4.69, 9.17) is 0 Å². The Morgan fingerprint density at radius 3 is 2.71 bits per heavy atom. The number of nitrogens with zero attached hydrogens (tertiary/aromatic N) is 2. The van der Waals surface area contributed by atoms with Gasteiger partial charge >= 0.3 is 0 Å². The molecule has 2 aromatic carbocycles. The number of aromatic nitrogens is 2. The van der Waals surface area contributed by atoms with Crippen LogP contribution in [-0.2, 0) is 20.9 Å². The Labute approximate surface area is 160 Å². The second-order valence-corrected chi connectivity index (χ2v) is 6.52. The summed E-state index contributed by atoms with van der Waals surface area (Å²) in [5, 5.41) is 5.50. The maximum Gasteiger partial charge on any atom is 0.244 e. The summed E-state index contributed by atoms with van der Waals surface area (Å²) in [6.07, 6.45) is 0.0624. The molecule has 4 rings (SSSR count). The SMILES string of the molecule is O=C(CCC(=O)N1CC(=O)Nc2ccccc21)NCc1nc2ccccc2[nH]1. The monoisotopic (exact) mass is 377 g/mol. The first-order chi connectivity index (χ1) is 13.6. The van der Waals surface area contributed by atoms with Gasteiger partial charge in [-0.2, -0.15) is 0 Å². The lowest BCUT2D eigenvalue weighted by Crippen LogP contribution is -2.42. The van der Waals surface area contributed by atoms with Crippen molar-refractivity contribution in [1.29, 1.82) is 0 Å². The molecule has 142 valence electrons. The molecule has 8 nitrogen and oxygen atoms in total. The second-order valence-electron chi connectivity index (χ2n) is 6.52. The molecule has 0 unspecified atom stereocenters. The third-order valence-corrected chi connectivity index (χ3v) is 4.53. The average Bonchev–Trinajstić information content (AvgIpc) is 3.12. The number of amides is 3. The highest BCUT2D eigenvalue weighted by Crippen LogP contribution is 2.29. The molecule has 3 N–H and O–H groups in total. The summed E-state index contributed by atoms with van der Waals surface area (Å²) >= 11 is 0. The summed E-state index contributed by atoms with van der Waals surface area (Å²) in [6, 6.07) is 14.7. The first kappa shape index (κ1) is 17.7. The van der Waals surface area contributed by atoms with Gasteiger partial charge in [-0.05, 0) is 24.3 Å². The van der Waals surface area contributed by atoms with Crippen molar-refractivity contribution < 1.29 is 14.4 Å². The highest BCUT2D eigenvalue weighted by atomic mass is 16.2. The van der Waals surface area contributed by atoms with Gasteiger partial charge < -0.3 is 20.5 Å². The van der Waals surface area contributed by atoms with Crippen molar-refractivity contribution in [3.63, 3.8) is 0 Å². The number of hydrogen-bond donors (Lipinski definition) is 3. The maximum atomic E-state index is 12.5. The lowest BCUT2D eigenvalue weighted by atomic mass is 10.1. The van der Waals surface area contributed by atoms with E-state index >= 15 is 0 Å². The van der Waals surface area contributed by atoms with Crippen LogP contribution in [0.15, 0.2) is 48.5 Å². The predicted molar refractivity (Wildman–Crippen MR) is 105 cm³/mol. The Kier molecular flexibility index (Phi) is 4.76. The third kappa shape index (κ3) is 3.71. The fraction of sp³-hybridized carbons (Fsp3) is 0.200. The van der Waals surface area contributed by atoms with Crippen LogP contribution in [0, 0.1) is 0 Å². The Hall–Kier alpha value is -3.68. The van der Waals surface area contributed by atoms with Crippen molar-refractivity contribution >= 4 is 40.1 Å². The van der Waals surface area contributed by atoms with Gasteiger partial charge in [0.2, 0.25) is 17.7 Å². The van der Waals surface area contributed by atoms with Crippen LogP contribution in [0.1, 0.15) is 18.7 Å². The number of nitrogens with one attached hydrogen (secondary N) is 3. The second kappa shape index (κ2) is 7.51. The number of rotatable bonds is 5. The number of carbonyl (C=O) groups is 3. The van der Waals surface area contributed by atoms with Gasteiger partial charge in [0, 0.05) is 12.8 Å². The van der Waals surface area contributed by atoms with Crippen molar-refractivity contribution in [1.82, 2.24) is 15.3 Å². The van der Waals surface area contributed by atoms with E-state index in [9.17, 15) is 14.4 Å². The number of anilines is 2. The van der Waals surface area contributed by atoms with Crippen LogP contribution in [0.2, 0.25) is 0 Å². The van der Waals surface area contributed by atoms with Crippen LogP contribution in [0.3, 0.4) is 0 Å². The molecule has 0 spiro atoms. The topological polar surface area (TPSA) is 107 Å². The molecule has 3 aromatic rings. The molecule has 0 atom stereocenters. The van der Waals surface area contributed by atoms with Crippen molar-refractivity contribution in [3.05, 3.63) is 54.4 Å². The van der Waals surface area contributed by atoms with E-state index in [0.717, 1.165) is 11.0 Å². The predicted octanol–water partition coefficient (Wildman–Crippen LogP) is 1.94. The zero-order valence-corrected chi connectivity index (χ0v) is 15.1. The summed E-state index contributed by atoms with van der Waals surface area (Å²) in [5.74, 6) is -0.103. The van der Waals surface area contributed by atoms with Gasteiger partial charge in [-0.25, -0.2) is 4.98 Å². The molecule has 0 bridgehead atoms. The normalized spacial score (nSPS) is 13.1. The fourth-order valence-corrected chi connectivity index (χ4v) is 3.17. The Morgan fingerprint density at radius 1 is 1.07 bits per heavy atom. The summed E-state index contributed by atoms with van der Waals surface area (Å²) in [5.41, 5.74) is 2.99. The lowest BCUT2D eigenvalue weighted by Gasteiger charge is -2.29. The summed E-state index contributed by atoms with van der Waals surface area (Å²) in [7, 11) is 0. The Bertz CT molecular complexity index is 1030. The molecule has 0 saturated carbocycles. The molecule has 3 amide bonds. The van der Waals surface area contributed by atoms with E-state index in [1.54, 1.807) is 24.3 Å². The number of para-hydroxylation sites is 4. The molecule has 28 heavy (non-hydrogen) atoms. The maximum absolute atomic E-state index is 12.5. The number of imidazole rings is 1. The molecule has 1 aromatic heterocycles. The molecule has 0 radical (unpaired) electrons. The number of fused-ring (bicyclic) bond motifs is 2. The van der Waals surface area contributed by atoms with E-state index < -0.39 is 0 Å². The van der Waals surface area contributed by atoms with Gasteiger partial charge in [0.05, 0.1) is 29.0 Å². The van der Waals surface area contributed by atoms with Gasteiger partial charge in [0.15, 0.2) is 0 Å².